The highest BCUT2D eigenvalue weighted by atomic mass is 32.1. The molecular weight excluding hydrogens is 242 g/mol. The molecule has 0 fully saturated rings. The maximum absolute atomic E-state index is 5.24. The fourth-order valence-corrected chi connectivity index (χ4v) is 2.20. The normalized spacial score (nSPS) is 10.5. The van der Waals surface area contributed by atoms with E-state index >= 15 is 0 Å². The maximum Gasteiger partial charge on any atom is 0.253 e. The van der Waals surface area contributed by atoms with Gasteiger partial charge in [-0.15, -0.1) is 0 Å². The molecule has 0 spiro atoms. The molecule has 0 amide bonds. The highest BCUT2D eigenvalue weighted by Gasteiger charge is 1.94. The Balaban J connectivity index is 2.92. The second kappa shape index (κ2) is 14.7. The zero-order chi connectivity index (χ0) is 13.5. The molecule has 0 rings (SSSR count). The molecule has 0 heterocycles. The zero-order valence-corrected chi connectivity index (χ0v) is 12.9. The van der Waals surface area contributed by atoms with Crippen LogP contribution >= 0.6 is 12.2 Å². The molecule has 2 nitrogen and oxygen atoms in total. The minimum atomic E-state index is 0.179. The Morgan fingerprint density at radius 3 is 1.56 bits per heavy atom. The Morgan fingerprint density at radius 1 is 0.778 bits per heavy atom. The van der Waals surface area contributed by atoms with Gasteiger partial charge in [0.25, 0.3) is 5.17 Å². The van der Waals surface area contributed by atoms with Crippen LogP contribution in [0, 0.1) is 0 Å². The average Bonchev–Trinajstić information content (AvgIpc) is 2.34. The Kier molecular flexibility index (Phi) is 14.5. The topological polar surface area (TPSA) is 35.2 Å². The Labute approximate surface area is 119 Å². The van der Waals surface area contributed by atoms with E-state index in [2.05, 4.69) is 19.1 Å². The SMILES string of the molecule is CCCCCCCCCCCCCCOC(N)=S. The molecule has 0 bridgehead atoms. The molecule has 0 aliphatic heterocycles. The van der Waals surface area contributed by atoms with Crippen molar-refractivity contribution in [3.05, 3.63) is 0 Å². The van der Waals surface area contributed by atoms with Crippen LogP contribution in [0.5, 0.6) is 0 Å². The summed E-state index contributed by atoms with van der Waals surface area (Å²) in [5, 5.41) is 0.179. The summed E-state index contributed by atoms with van der Waals surface area (Å²) < 4.78 is 5.04. The first kappa shape index (κ1) is 17.7. The van der Waals surface area contributed by atoms with Crippen LogP contribution in [0.15, 0.2) is 0 Å². The lowest BCUT2D eigenvalue weighted by molar-refractivity contribution is 0.295. The third-order valence-electron chi connectivity index (χ3n) is 3.24. The van der Waals surface area contributed by atoms with E-state index in [1.165, 1.54) is 70.6 Å². The van der Waals surface area contributed by atoms with Crippen molar-refractivity contribution in [1.29, 1.82) is 0 Å². The zero-order valence-electron chi connectivity index (χ0n) is 12.1. The standard InChI is InChI=1S/C15H31NOS/c1-2-3-4-5-6-7-8-9-10-11-12-13-14-17-15(16)18/h2-14H2,1H3,(H2,16,18). The summed E-state index contributed by atoms with van der Waals surface area (Å²) in [5.41, 5.74) is 5.24. The van der Waals surface area contributed by atoms with Crippen molar-refractivity contribution >= 4 is 17.4 Å². The van der Waals surface area contributed by atoms with E-state index in [-0.39, 0.29) is 5.17 Å². The highest BCUT2D eigenvalue weighted by molar-refractivity contribution is 7.80. The average molecular weight is 273 g/mol. The molecule has 0 aliphatic rings. The van der Waals surface area contributed by atoms with Gasteiger partial charge in [0.2, 0.25) is 0 Å². The van der Waals surface area contributed by atoms with Crippen LogP contribution in [-0.2, 0) is 4.74 Å². The van der Waals surface area contributed by atoms with Gasteiger partial charge in [-0.25, -0.2) is 0 Å². The number of ether oxygens (including phenoxy) is 1. The second-order valence-corrected chi connectivity index (χ2v) is 5.46. The number of thiocarbonyl (C=S) groups is 1. The van der Waals surface area contributed by atoms with E-state index in [1.807, 2.05) is 0 Å². The van der Waals surface area contributed by atoms with Crippen LogP contribution in [0.25, 0.3) is 0 Å². The number of rotatable bonds is 13. The van der Waals surface area contributed by atoms with Crippen LogP contribution in [0.1, 0.15) is 84.0 Å². The first-order valence-corrected chi connectivity index (χ1v) is 8.10. The number of hydrogen-bond donors (Lipinski definition) is 1. The monoisotopic (exact) mass is 273 g/mol. The van der Waals surface area contributed by atoms with Gasteiger partial charge in [0, 0.05) is 0 Å². The third-order valence-corrected chi connectivity index (χ3v) is 3.36. The van der Waals surface area contributed by atoms with Crippen LogP contribution in [0.4, 0.5) is 0 Å². The van der Waals surface area contributed by atoms with Gasteiger partial charge in [0.15, 0.2) is 0 Å². The lowest BCUT2D eigenvalue weighted by Crippen LogP contribution is -2.13. The predicted octanol–water partition coefficient (Wildman–Crippen LogP) is 4.95. The predicted molar refractivity (Wildman–Crippen MR) is 83.8 cm³/mol. The molecule has 18 heavy (non-hydrogen) atoms. The van der Waals surface area contributed by atoms with Crippen LogP contribution in [0.3, 0.4) is 0 Å². The van der Waals surface area contributed by atoms with Gasteiger partial charge in [0.05, 0.1) is 6.61 Å². The molecule has 2 N–H and O–H groups in total. The van der Waals surface area contributed by atoms with Crippen molar-refractivity contribution in [1.82, 2.24) is 0 Å². The minimum absolute atomic E-state index is 0.179. The summed E-state index contributed by atoms with van der Waals surface area (Å²) in [6.07, 6.45) is 16.3. The summed E-state index contributed by atoms with van der Waals surface area (Å²) in [6.45, 7) is 2.96. The maximum atomic E-state index is 5.24. The van der Waals surface area contributed by atoms with Crippen molar-refractivity contribution in [2.24, 2.45) is 5.73 Å². The largest absolute Gasteiger partial charge is 0.471 e. The van der Waals surface area contributed by atoms with E-state index in [0.717, 1.165) is 6.42 Å². The highest BCUT2D eigenvalue weighted by Crippen LogP contribution is 2.11. The van der Waals surface area contributed by atoms with Crippen molar-refractivity contribution in [2.45, 2.75) is 84.0 Å². The Hall–Kier alpha value is -0.310. The molecular formula is C15H31NOS. The Bertz CT molecular complexity index is 185. The minimum Gasteiger partial charge on any atom is -0.471 e. The smallest absolute Gasteiger partial charge is 0.253 e. The first-order valence-electron chi connectivity index (χ1n) is 7.69. The van der Waals surface area contributed by atoms with Crippen molar-refractivity contribution in [2.75, 3.05) is 6.61 Å². The van der Waals surface area contributed by atoms with Gasteiger partial charge >= 0.3 is 0 Å². The molecule has 0 unspecified atom stereocenters. The summed E-state index contributed by atoms with van der Waals surface area (Å²) in [7, 11) is 0. The van der Waals surface area contributed by atoms with Gasteiger partial charge in [-0.05, 0) is 18.6 Å². The molecule has 0 aromatic carbocycles. The van der Waals surface area contributed by atoms with Crippen molar-refractivity contribution < 1.29 is 4.74 Å². The molecule has 0 radical (unpaired) electrons. The van der Waals surface area contributed by atoms with Crippen LogP contribution in [-0.4, -0.2) is 11.8 Å². The van der Waals surface area contributed by atoms with E-state index < -0.39 is 0 Å². The quantitative estimate of drug-likeness (QED) is 0.381. The molecule has 108 valence electrons. The van der Waals surface area contributed by atoms with Crippen LogP contribution < -0.4 is 5.73 Å². The molecule has 0 atom stereocenters. The third kappa shape index (κ3) is 15.7. The van der Waals surface area contributed by atoms with Gasteiger partial charge in [0.1, 0.15) is 0 Å². The first-order chi connectivity index (χ1) is 8.77. The lowest BCUT2D eigenvalue weighted by atomic mass is 10.1. The van der Waals surface area contributed by atoms with Gasteiger partial charge < -0.3 is 10.5 Å². The summed E-state index contributed by atoms with van der Waals surface area (Å²) >= 11 is 4.64. The van der Waals surface area contributed by atoms with Gasteiger partial charge in [-0.1, -0.05) is 77.6 Å². The van der Waals surface area contributed by atoms with Crippen molar-refractivity contribution in [3.8, 4) is 0 Å². The summed E-state index contributed by atoms with van der Waals surface area (Å²) in [4.78, 5) is 0. The fourth-order valence-electron chi connectivity index (χ4n) is 2.12. The molecule has 0 aliphatic carbocycles. The van der Waals surface area contributed by atoms with E-state index in [0.29, 0.717) is 6.61 Å². The summed E-state index contributed by atoms with van der Waals surface area (Å²) in [5.74, 6) is 0. The van der Waals surface area contributed by atoms with Gasteiger partial charge in [-0.2, -0.15) is 0 Å². The number of unbranched alkanes of at least 4 members (excludes halogenated alkanes) is 11. The van der Waals surface area contributed by atoms with Crippen molar-refractivity contribution in [3.63, 3.8) is 0 Å². The molecule has 0 saturated heterocycles. The number of hydrogen-bond acceptors (Lipinski definition) is 2. The van der Waals surface area contributed by atoms with E-state index in [4.69, 9.17) is 10.5 Å². The van der Waals surface area contributed by atoms with Crippen LogP contribution in [0.2, 0.25) is 0 Å². The van der Waals surface area contributed by atoms with E-state index in [1.54, 1.807) is 0 Å². The fraction of sp³-hybridized carbons (Fsp3) is 0.933. The van der Waals surface area contributed by atoms with E-state index in [9.17, 15) is 0 Å². The molecule has 0 aromatic heterocycles. The molecule has 0 aromatic rings. The lowest BCUT2D eigenvalue weighted by Gasteiger charge is -2.04. The number of nitrogens with two attached hydrogens (primary N) is 1. The Morgan fingerprint density at radius 2 is 1.17 bits per heavy atom. The van der Waals surface area contributed by atoms with Gasteiger partial charge in [-0.3, -0.25) is 0 Å². The molecule has 3 heteroatoms. The second-order valence-electron chi connectivity index (χ2n) is 5.06. The molecule has 0 saturated carbocycles. The summed E-state index contributed by atoms with van der Waals surface area (Å²) in [6, 6.07) is 0.